The molecule has 0 aliphatic rings. The molecule has 0 radical (unpaired) electrons. The van der Waals surface area contributed by atoms with Gasteiger partial charge in [-0.2, -0.15) is 0 Å². The average molecular weight is 349 g/mol. The van der Waals surface area contributed by atoms with Crippen molar-refractivity contribution in [3.8, 4) is 5.69 Å². The molecule has 0 fully saturated rings. The number of hydrogen-bond acceptors (Lipinski definition) is 4. The van der Waals surface area contributed by atoms with E-state index in [9.17, 15) is 0 Å². The van der Waals surface area contributed by atoms with Crippen molar-refractivity contribution in [2.45, 2.75) is 13.0 Å². The van der Waals surface area contributed by atoms with E-state index >= 15 is 0 Å². The summed E-state index contributed by atoms with van der Waals surface area (Å²) in [5.41, 5.74) is 2.02. The van der Waals surface area contributed by atoms with Crippen molar-refractivity contribution < 1.29 is 0 Å². The van der Waals surface area contributed by atoms with E-state index in [0.717, 1.165) is 15.8 Å². The molecule has 1 N–H and O–H groups in total. The van der Waals surface area contributed by atoms with Gasteiger partial charge in [-0.05, 0) is 46.4 Å². The SMILES string of the molecule is CC(Nc1ccccc1-n1ccnn1)c1sccc1Br. The number of hydrogen-bond donors (Lipinski definition) is 1. The van der Waals surface area contributed by atoms with Gasteiger partial charge in [0.1, 0.15) is 0 Å². The fourth-order valence-electron chi connectivity index (χ4n) is 2.05. The number of anilines is 1. The van der Waals surface area contributed by atoms with Gasteiger partial charge in [0, 0.05) is 9.35 Å². The summed E-state index contributed by atoms with van der Waals surface area (Å²) in [5, 5.41) is 13.5. The standard InChI is InChI=1S/C14H13BrN4S/c1-10(14-11(15)6-9-20-14)17-12-4-2-3-5-13(12)19-8-7-16-18-19/h2-10,17H,1H3. The number of nitrogens with zero attached hydrogens (tertiary/aromatic N) is 3. The Kier molecular flexibility index (Phi) is 3.84. The average Bonchev–Trinajstić information content (AvgIpc) is 3.10. The van der Waals surface area contributed by atoms with E-state index in [1.165, 1.54) is 4.88 Å². The molecule has 4 nitrogen and oxygen atoms in total. The minimum absolute atomic E-state index is 0.217. The molecule has 1 aromatic carbocycles. The van der Waals surface area contributed by atoms with Crippen LogP contribution >= 0.6 is 27.3 Å². The molecule has 0 amide bonds. The summed E-state index contributed by atoms with van der Waals surface area (Å²) >= 11 is 5.32. The first-order chi connectivity index (χ1) is 9.75. The third kappa shape index (κ3) is 2.62. The van der Waals surface area contributed by atoms with E-state index in [0.29, 0.717) is 0 Å². The summed E-state index contributed by atoms with van der Waals surface area (Å²) < 4.78 is 2.90. The Morgan fingerprint density at radius 3 is 2.85 bits per heavy atom. The lowest BCUT2D eigenvalue weighted by Gasteiger charge is -2.17. The van der Waals surface area contributed by atoms with Crippen LogP contribution in [-0.4, -0.2) is 15.0 Å². The first kappa shape index (κ1) is 13.3. The van der Waals surface area contributed by atoms with Crippen molar-refractivity contribution in [2.24, 2.45) is 0 Å². The number of para-hydroxylation sites is 2. The Morgan fingerprint density at radius 2 is 2.15 bits per heavy atom. The number of halogens is 1. The minimum atomic E-state index is 0.217. The number of aromatic nitrogens is 3. The predicted molar refractivity (Wildman–Crippen MR) is 85.4 cm³/mol. The van der Waals surface area contributed by atoms with Crippen molar-refractivity contribution in [2.75, 3.05) is 5.32 Å². The molecule has 0 aliphatic carbocycles. The van der Waals surface area contributed by atoms with Crippen LogP contribution < -0.4 is 5.32 Å². The summed E-state index contributed by atoms with van der Waals surface area (Å²) in [6.07, 6.45) is 3.52. The van der Waals surface area contributed by atoms with E-state index in [1.54, 1.807) is 22.2 Å². The van der Waals surface area contributed by atoms with Gasteiger partial charge >= 0.3 is 0 Å². The Balaban J connectivity index is 1.90. The summed E-state index contributed by atoms with van der Waals surface area (Å²) in [5.74, 6) is 0. The predicted octanol–water partition coefficient (Wildman–Crippen LogP) is 4.26. The van der Waals surface area contributed by atoms with Gasteiger partial charge in [-0.3, -0.25) is 0 Å². The minimum Gasteiger partial charge on any atom is -0.376 e. The van der Waals surface area contributed by atoms with Crippen LogP contribution in [0.15, 0.2) is 52.6 Å². The molecule has 2 heterocycles. The highest BCUT2D eigenvalue weighted by atomic mass is 79.9. The summed E-state index contributed by atoms with van der Waals surface area (Å²) in [7, 11) is 0. The molecule has 102 valence electrons. The Labute approximate surface area is 129 Å². The zero-order valence-electron chi connectivity index (χ0n) is 10.8. The largest absolute Gasteiger partial charge is 0.376 e. The molecular weight excluding hydrogens is 336 g/mol. The molecule has 1 unspecified atom stereocenters. The maximum absolute atomic E-state index is 4.05. The molecule has 3 rings (SSSR count). The lowest BCUT2D eigenvalue weighted by Crippen LogP contribution is -2.09. The van der Waals surface area contributed by atoms with Gasteiger partial charge in [0.15, 0.2) is 0 Å². The number of benzene rings is 1. The summed E-state index contributed by atoms with van der Waals surface area (Å²) in [6.45, 7) is 2.15. The molecular formula is C14H13BrN4S. The van der Waals surface area contributed by atoms with Crippen LogP contribution in [-0.2, 0) is 0 Å². The molecule has 1 atom stereocenters. The second-order valence-corrected chi connectivity index (χ2v) is 6.17. The number of nitrogens with one attached hydrogen (secondary N) is 1. The second kappa shape index (κ2) is 5.76. The van der Waals surface area contributed by atoms with Crippen LogP contribution in [0.2, 0.25) is 0 Å². The molecule has 0 aliphatic heterocycles. The zero-order chi connectivity index (χ0) is 13.9. The maximum Gasteiger partial charge on any atom is 0.0894 e. The first-order valence-electron chi connectivity index (χ1n) is 6.21. The van der Waals surface area contributed by atoms with Gasteiger partial charge in [0.05, 0.1) is 29.8 Å². The zero-order valence-corrected chi connectivity index (χ0v) is 13.2. The third-order valence-corrected chi connectivity index (χ3v) is 5.04. The highest BCUT2D eigenvalue weighted by molar-refractivity contribution is 9.10. The van der Waals surface area contributed by atoms with E-state index in [2.05, 4.69) is 56.0 Å². The lowest BCUT2D eigenvalue weighted by molar-refractivity contribution is 0.799. The molecule has 0 saturated carbocycles. The fourth-order valence-corrected chi connectivity index (χ4v) is 3.77. The Bertz CT molecular complexity index is 693. The second-order valence-electron chi connectivity index (χ2n) is 4.36. The molecule has 6 heteroatoms. The van der Waals surface area contributed by atoms with Gasteiger partial charge in [-0.25, -0.2) is 4.68 Å². The summed E-state index contributed by atoms with van der Waals surface area (Å²) in [4.78, 5) is 1.28. The van der Waals surface area contributed by atoms with Crippen LogP contribution in [0.4, 0.5) is 5.69 Å². The van der Waals surface area contributed by atoms with Crippen molar-refractivity contribution in [1.29, 1.82) is 0 Å². The normalized spacial score (nSPS) is 12.3. The Morgan fingerprint density at radius 1 is 1.30 bits per heavy atom. The van der Waals surface area contributed by atoms with Crippen molar-refractivity contribution in [3.63, 3.8) is 0 Å². The quantitative estimate of drug-likeness (QED) is 0.765. The smallest absolute Gasteiger partial charge is 0.0894 e. The monoisotopic (exact) mass is 348 g/mol. The third-order valence-electron chi connectivity index (χ3n) is 2.98. The molecule has 0 saturated heterocycles. The van der Waals surface area contributed by atoms with E-state index in [4.69, 9.17) is 0 Å². The van der Waals surface area contributed by atoms with Gasteiger partial charge in [0.25, 0.3) is 0 Å². The maximum atomic E-state index is 4.05. The van der Waals surface area contributed by atoms with Gasteiger partial charge in [0.2, 0.25) is 0 Å². The van der Waals surface area contributed by atoms with E-state index < -0.39 is 0 Å². The van der Waals surface area contributed by atoms with Gasteiger partial charge < -0.3 is 5.32 Å². The van der Waals surface area contributed by atoms with Crippen LogP contribution in [0.25, 0.3) is 5.69 Å². The highest BCUT2D eigenvalue weighted by Gasteiger charge is 2.13. The van der Waals surface area contributed by atoms with Crippen molar-refractivity contribution in [3.05, 3.63) is 57.5 Å². The highest BCUT2D eigenvalue weighted by Crippen LogP contribution is 2.32. The van der Waals surface area contributed by atoms with Crippen LogP contribution in [0, 0.1) is 0 Å². The fraction of sp³-hybridized carbons (Fsp3) is 0.143. The van der Waals surface area contributed by atoms with Crippen molar-refractivity contribution >= 4 is 33.0 Å². The van der Waals surface area contributed by atoms with E-state index in [-0.39, 0.29) is 6.04 Å². The molecule has 0 bridgehead atoms. The van der Waals surface area contributed by atoms with E-state index in [1.807, 2.05) is 24.4 Å². The summed E-state index contributed by atoms with van der Waals surface area (Å²) in [6, 6.07) is 10.4. The molecule has 0 spiro atoms. The van der Waals surface area contributed by atoms with Gasteiger partial charge in [-0.1, -0.05) is 17.3 Å². The lowest BCUT2D eigenvalue weighted by atomic mass is 10.2. The molecule has 2 aromatic heterocycles. The van der Waals surface area contributed by atoms with Gasteiger partial charge in [-0.15, -0.1) is 16.4 Å². The van der Waals surface area contributed by atoms with Crippen molar-refractivity contribution in [1.82, 2.24) is 15.0 Å². The number of thiophene rings is 1. The topological polar surface area (TPSA) is 42.7 Å². The van der Waals surface area contributed by atoms with Crippen LogP contribution in [0.1, 0.15) is 17.8 Å². The molecule has 3 aromatic rings. The Hall–Kier alpha value is -1.66. The number of rotatable bonds is 4. The van der Waals surface area contributed by atoms with Crippen LogP contribution in [0.5, 0.6) is 0 Å². The molecule has 20 heavy (non-hydrogen) atoms. The first-order valence-corrected chi connectivity index (χ1v) is 7.88. The van der Waals surface area contributed by atoms with Crippen LogP contribution in [0.3, 0.4) is 0 Å².